The standard InChI is InChI=1S/C12H20ClN5O2/c1-5-6-17(8-7-16(3)4)11-10(18(19)20)9(2)14-12(13)15-11/h5-8H2,1-4H3. The Bertz CT molecular complexity index is 481. The van der Waals surface area contributed by atoms with E-state index in [1.807, 2.05) is 30.8 Å². The summed E-state index contributed by atoms with van der Waals surface area (Å²) in [5, 5.41) is 11.3. The van der Waals surface area contributed by atoms with Crippen LogP contribution in [0.2, 0.25) is 5.28 Å². The molecule has 0 aromatic carbocycles. The van der Waals surface area contributed by atoms with Crippen LogP contribution in [0.3, 0.4) is 0 Å². The van der Waals surface area contributed by atoms with Crippen molar-refractivity contribution < 1.29 is 4.92 Å². The van der Waals surface area contributed by atoms with Gasteiger partial charge in [-0.25, -0.2) is 4.98 Å². The van der Waals surface area contributed by atoms with Gasteiger partial charge in [0.25, 0.3) is 0 Å². The molecule has 0 aliphatic heterocycles. The number of anilines is 1. The number of rotatable bonds is 7. The zero-order chi connectivity index (χ0) is 15.3. The van der Waals surface area contributed by atoms with Crippen molar-refractivity contribution >= 4 is 23.1 Å². The zero-order valence-corrected chi connectivity index (χ0v) is 13.0. The Kier molecular flexibility index (Phi) is 6.09. The number of aryl methyl sites for hydroxylation is 1. The first-order chi connectivity index (χ1) is 9.36. The van der Waals surface area contributed by atoms with Crippen molar-refractivity contribution in [2.45, 2.75) is 20.3 Å². The van der Waals surface area contributed by atoms with Gasteiger partial charge in [-0.3, -0.25) is 10.1 Å². The van der Waals surface area contributed by atoms with E-state index >= 15 is 0 Å². The normalized spacial score (nSPS) is 10.9. The molecule has 0 bridgehead atoms. The van der Waals surface area contributed by atoms with E-state index in [2.05, 4.69) is 9.97 Å². The van der Waals surface area contributed by atoms with Crippen LogP contribution in [0, 0.1) is 17.0 Å². The molecular formula is C12H20ClN5O2. The fraction of sp³-hybridized carbons (Fsp3) is 0.667. The Morgan fingerprint density at radius 2 is 1.90 bits per heavy atom. The first-order valence-electron chi connectivity index (χ1n) is 6.45. The van der Waals surface area contributed by atoms with Gasteiger partial charge in [0, 0.05) is 19.6 Å². The van der Waals surface area contributed by atoms with Crippen LogP contribution in [-0.4, -0.2) is 53.5 Å². The minimum atomic E-state index is -0.445. The largest absolute Gasteiger partial charge is 0.349 e. The summed E-state index contributed by atoms with van der Waals surface area (Å²) >= 11 is 5.85. The summed E-state index contributed by atoms with van der Waals surface area (Å²) < 4.78 is 0. The molecule has 1 rings (SSSR count). The third-order valence-corrected chi connectivity index (χ3v) is 2.97. The van der Waals surface area contributed by atoms with Gasteiger partial charge in [-0.2, -0.15) is 4.98 Å². The molecule has 0 saturated heterocycles. The summed E-state index contributed by atoms with van der Waals surface area (Å²) in [6, 6.07) is 0. The molecule has 0 unspecified atom stereocenters. The Labute approximate surface area is 123 Å². The van der Waals surface area contributed by atoms with Crippen LogP contribution in [-0.2, 0) is 0 Å². The summed E-state index contributed by atoms with van der Waals surface area (Å²) in [6.07, 6.45) is 0.866. The molecule has 0 aliphatic rings. The summed E-state index contributed by atoms with van der Waals surface area (Å²) in [5.74, 6) is 0.302. The van der Waals surface area contributed by atoms with E-state index in [0.717, 1.165) is 13.0 Å². The van der Waals surface area contributed by atoms with Gasteiger partial charge in [0.2, 0.25) is 11.1 Å². The lowest BCUT2D eigenvalue weighted by molar-refractivity contribution is -0.385. The van der Waals surface area contributed by atoms with Crippen LogP contribution in [0.1, 0.15) is 19.0 Å². The fourth-order valence-electron chi connectivity index (χ4n) is 1.87. The first-order valence-corrected chi connectivity index (χ1v) is 6.82. The molecule has 8 heteroatoms. The first kappa shape index (κ1) is 16.6. The minimum Gasteiger partial charge on any atom is -0.349 e. The Morgan fingerprint density at radius 3 is 2.40 bits per heavy atom. The van der Waals surface area contributed by atoms with Gasteiger partial charge in [-0.15, -0.1) is 0 Å². The van der Waals surface area contributed by atoms with Crippen LogP contribution >= 0.6 is 11.6 Å². The Hall–Kier alpha value is -1.47. The number of hydrogen-bond donors (Lipinski definition) is 0. The molecule has 0 N–H and O–H groups in total. The molecule has 1 aromatic heterocycles. The molecule has 1 aromatic rings. The molecular weight excluding hydrogens is 282 g/mol. The van der Waals surface area contributed by atoms with Gasteiger partial charge in [0.15, 0.2) is 0 Å². The highest BCUT2D eigenvalue weighted by Crippen LogP contribution is 2.29. The number of aromatic nitrogens is 2. The zero-order valence-electron chi connectivity index (χ0n) is 12.3. The van der Waals surface area contributed by atoms with Crippen molar-refractivity contribution in [1.82, 2.24) is 14.9 Å². The number of nitrogens with zero attached hydrogens (tertiary/aromatic N) is 5. The van der Waals surface area contributed by atoms with Gasteiger partial charge in [0.05, 0.1) is 4.92 Å². The average Bonchev–Trinajstić information content (AvgIpc) is 2.32. The van der Waals surface area contributed by atoms with Gasteiger partial charge >= 0.3 is 5.69 Å². The third kappa shape index (κ3) is 4.28. The molecule has 0 amide bonds. The second-order valence-corrected chi connectivity index (χ2v) is 5.14. The van der Waals surface area contributed by atoms with Crippen LogP contribution < -0.4 is 4.90 Å². The molecule has 0 radical (unpaired) electrons. The van der Waals surface area contributed by atoms with Crippen LogP contribution in [0.25, 0.3) is 0 Å². The van der Waals surface area contributed by atoms with Crippen molar-refractivity contribution in [1.29, 1.82) is 0 Å². The van der Waals surface area contributed by atoms with E-state index in [-0.39, 0.29) is 16.7 Å². The van der Waals surface area contributed by atoms with E-state index in [0.29, 0.717) is 18.9 Å². The molecule has 0 saturated carbocycles. The predicted octanol–water partition coefficient (Wildman–Crippen LogP) is 2.12. The maximum atomic E-state index is 11.2. The van der Waals surface area contributed by atoms with E-state index < -0.39 is 4.92 Å². The number of nitro groups is 1. The number of hydrogen-bond acceptors (Lipinski definition) is 6. The van der Waals surface area contributed by atoms with Crippen LogP contribution in [0.4, 0.5) is 11.5 Å². The van der Waals surface area contributed by atoms with E-state index in [4.69, 9.17) is 11.6 Å². The van der Waals surface area contributed by atoms with Gasteiger partial charge in [-0.05, 0) is 39.0 Å². The monoisotopic (exact) mass is 301 g/mol. The second-order valence-electron chi connectivity index (χ2n) is 4.80. The summed E-state index contributed by atoms with van der Waals surface area (Å²) in [6.45, 7) is 5.70. The van der Waals surface area contributed by atoms with Gasteiger partial charge < -0.3 is 9.80 Å². The maximum Gasteiger partial charge on any atom is 0.332 e. The highest BCUT2D eigenvalue weighted by atomic mass is 35.5. The van der Waals surface area contributed by atoms with Crippen LogP contribution in [0.5, 0.6) is 0 Å². The number of halogens is 1. The van der Waals surface area contributed by atoms with Crippen molar-refractivity contribution in [3.8, 4) is 0 Å². The molecule has 7 nitrogen and oxygen atoms in total. The highest BCUT2D eigenvalue weighted by Gasteiger charge is 2.25. The molecule has 0 spiro atoms. The molecule has 112 valence electrons. The van der Waals surface area contributed by atoms with E-state index in [1.165, 1.54) is 0 Å². The predicted molar refractivity (Wildman–Crippen MR) is 79.5 cm³/mol. The topological polar surface area (TPSA) is 75.4 Å². The summed E-state index contributed by atoms with van der Waals surface area (Å²) in [7, 11) is 3.91. The number of likely N-dealkylation sites (N-methyl/N-ethyl adjacent to an activating group) is 1. The van der Waals surface area contributed by atoms with Crippen LogP contribution in [0.15, 0.2) is 0 Å². The highest BCUT2D eigenvalue weighted by molar-refractivity contribution is 6.28. The van der Waals surface area contributed by atoms with Gasteiger partial charge in [-0.1, -0.05) is 6.92 Å². The lowest BCUT2D eigenvalue weighted by atomic mass is 10.3. The summed E-state index contributed by atoms with van der Waals surface area (Å²) in [4.78, 5) is 22.6. The second kappa shape index (κ2) is 7.35. The van der Waals surface area contributed by atoms with Crippen molar-refractivity contribution in [2.75, 3.05) is 38.6 Å². The smallest absolute Gasteiger partial charge is 0.332 e. The minimum absolute atomic E-state index is 0.0362. The van der Waals surface area contributed by atoms with Crippen molar-refractivity contribution in [3.05, 3.63) is 21.1 Å². The average molecular weight is 302 g/mol. The van der Waals surface area contributed by atoms with E-state index in [1.54, 1.807) is 6.92 Å². The summed E-state index contributed by atoms with van der Waals surface area (Å²) in [5.41, 5.74) is 0.220. The van der Waals surface area contributed by atoms with Gasteiger partial charge in [0.1, 0.15) is 5.69 Å². The molecule has 0 atom stereocenters. The van der Waals surface area contributed by atoms with Crippen molar-refractivity contribution in [2.24, 2.45) is 0 Å². The Morgan fingerprint density at radius 1 is 1.25 bits per heavy atom. The lowest BCUT2D eigenvalue weighted by Crippen LogP contribution is -2.33. The molecule has 1 heterocycles. The lowest BCUT2D eigenvalue weighted by Gasteiger charge is -2.24. The SMILES string of the molecule is CCCN(CCN(C)C)c1nc(Cl)nc(C)c1[N+](=O)[O-]. The van der Waals surface area contributed by atoms with Crippen molar-refractivity contribution in [3.63, 3.8) is 0 Å². The Balaban J connectivity index is 3.20. The molecule has 20 heavy (non-hydrogen) atoms. The quantitative estimate of drug-likeness (QED) is 0.436. The maximum absolute atomic E-state index is 11.2. The molecule has 0 aliphatic carbocycles. The third-order valence-electron chi connectivity index (χ3n) is 2.81. The van der Waals surface area contributed by atoms with E-state index in [9.17, 15) is 10.1 Å². The fourth-order valence-corrected chi connectivity index (χ4v) is 2.07. The molecule has 0 fully saturated rings.